The summed E-state index contributed by atoms with van der Waals surface area (Å²) < 4.78 is 17.2. The Kier molecular flexibility index (Phi) is 7.98. The Morgan fingerprint density at radius 2 is 0.972 bits per heavy atom. The van der Waals surface area contributed by atoms with Crippen molar-refractivity contribution in [3.63, 3.8) is 0 Å². The van der Waals surface area contributed by atoms with Gasteiger partial charge >= 0.3 is 17.9 Å². The quantitative estimate of drug-likeness (QED) is 0.290. The lowest BCUT2D eigenvalue weighted by Gasteiger charge is -2.23. The summed E-state index contributed by atoms with van der Waals surface area (Å²) in [5, 5.41) is 0. The van der Waals surface area contributed by atoms with Crippen LogP contribution in [0.1, 0.15) is 69.1 Å². The molecule has 0 fully saturated rings. The predicted molar refractivity (Wildman–Crippen MR) is 137 cm³/mol. The van der Waals surface area contributed by atoms with Crippen molar-refractivity contribution < 1.29 is 28.6 Å². The molecule has 0 saturated heterocycles. The Morgan fingerprint density at radius 3 is 1.33 bits per heavy atom. The molecule has 0 N–H and O–H groups in total. The summed E-state index contributed by atoms with van der Waals surface area (Å²) in [6.07, 6.45) is -0.738. The second-order valence-electron chi connectivity index (χ2n) is 10.5. The molecule has 188 valence electrons. The molecule has 0 saturated carbocycles. The molecular weight excluding hydrogens is 456 g/mol. The number of carbonyl (C=O) groups excluding carboxylic acids is 3. The van der Waals surface area contributed by atoms with E-state index < -0.39 is 34.8 Å². The van der Waals surface area contributed by atoms with Gasteiger partial charge in [0.05, 0.1) is 10.8 Å². The zero-order chi connectivity index (χ0) is 26.5. The zero-order valence-electron chi connectivity index (χ0n) is 21.5. The molecule has 3 rings (SSSR count). The summed E-state index contributed by atoms with van der Waals surface area (Å²) in [7, 11) is 0. The van der Waals surface area contributed by atoms with Gasteiger partial charge < -0.3 is 14.2 Å². The maximum absolute atomic E-state index is 13.7. The highest BCUT2D eigenvalue weighted by molar-refractivity contribution is 5.98. The van der Waals surface area contributed by atoms with Gasteiger partial charge in [0.25, 0.3) is 0 Å². The molecule has 3 aromatic rings. The highest BCUT2D eigenvalue weighted by Gasteiger charge is 2.32. The number of hydrogen-bond acceptors (Lipinski definition) is 6. The molecule has 6 heteroatoms. The molecule has 0 unspecified atom stereocenters. The molecule has 0 aromatic heterocycles. The van der Waals surface area contributed by atoms with Gasteiger partial charge in [-0.25, -0.2) is 4.79 Å². The molecule has 3 aromatic carbocycles. The Morgan fingerprint density at radius 1 is 0.583 bits per heavy atom. The SMILES string of the molecule is CC(C)(C)C(=O)Oc1cccc(OC(=O)C(C)(C)C)c1C(=O)OC(c1ccccc1)c1ccccc1. The van der Waals surface area contributed by atoms with Gasteiger partial charge in [-0.15, -0.1) is 0 Å². The van der Waals surface area contributed by atoms with Crippen molar-refractivity contribution in [3.05, 3.63) is 95.6 Å². The summed E-state index contributed by atoms with van der Waals surface area (Å²) in [6, 6.07) is 23.1. The van der Waals surface area contributed by atoms with E-state index >= 15 is 0 Å². The Hall–Kier alpha value is -3.93. The third kappa shape index (κ3) is 6.60. The molecule has 0 aliphatic carbocycles. The minimum atomic E-state index is -0.824. The molecule has 0 atom stereocenters. The Labute approximate surface area is 212 Å². The topological polar surface area (TPSA) is 78.9 Å². The number of carbonyl (C=O) groups is 3. The third-order valence-electron chi connectivity index (χ3n) is 5.25. The first-order valence-electron chi connectivity index (χ1n) is 11.8. The fourth-order valence-corrected chi connectivity index (χ4v) is 3.14. The number of hydrogen-bond donors (Lipinski definition) is 0. The molecule has 0 radical (unpaired) electrons. The van der Waals surface area contributed by atoms with Crippen LogP contribution in [0.5, 0.6) is 11.5 Å². The van der Waals surface area contributed by atoms with Crippen LogP contribution in [0.3, 0.4) is 0 Å². The van der Waals surface area contributed by atoms with E-state index in [1.165, 1.54) is 12.1 Å². The minimum Gasteiger partial charge on any atom is -0.449 e. The molecular formula is C30H32O6. The molecule has 0 spiro atoms. The number of ether oxygens (including phenoxy) is 3. The average molecular weight is 489 g/mol. The van der Waals surface area contributed by atoms with Crippen LogP contribution in [0.2, 0.25) is 0 Å². The molecule has 0 amide bonds. The van der Waals surface area contributed by atoms with Gasteiger partial charge in [0.2, 0.25) is 0 Å². The monoisotopic (exact) mass is 488 g/mol. The smallest absolute Gasteiger partial charge is 0.346 e. The van der Waals surface area contributed by atoms with Crippen molar-refractivity contribution in [2.24, 2.45) is 10.8 Å². The standard InChI is InChI=1S/C30H32O6/c1-29(2,3)27(32)34-22-18-13-19-23(35-28(33)30(4,5)6)24(22)26(31)36-25(20-14-9-7-10-15-20)21-16-11-8-12-17-21/h7-19,25H,1-6H3. The van der Waals surface area contributed by atoms with Crippen LogP contribution in [0.25, 0.3) is 0 Å². The predicted octanol–water partition coefficient (Wildman–Crippen LogP) is 6.54. The lowest BCUT2D eigenvalue weighted by atomic mass is 9.97. The van der Waals surface area contributed by atoms with Crippen LogP contribution in [-0.4, -0.2) is 17.9 Å². The van der Waals surface area contributed by atoms with Crippen molar-refractivity contribution in [1.29, 1.82) is 0 Å². The van der Waals surface area contributed by atoms with Gasteiger partial charge in [-0.05, 0) is 64.8 Å². The van der Waals surface area contributed by atoms with Gasteiger partial charge in [0, 0.05) is 0 Å². The van der Waals surface area contributed by atoms with Crippen LogP contribution in [0.4, 0.5) is 0 Å². The largest absolute Gasteiger partial charge is 0.449 e. The summed E-state index contributed by atoms with van der Waals surface area (Å²) in [4.78, 5) is 39.1. The van der Waals surface area contributed by atoms with Crippen LogP contribution < -0.4 is 9.47 Å². The fraction of sp³-hybridized carbons (Fsp3) is 0.300. The molecule has 6 nitrogen and oxygen atoms in total. The highest BCUT2D eigenvalue weighted by atomic mass is 16.6. The van der Waals surface area contributed by atoms with E-state index in [0.29, 0.717) is 0 Å². The summed E-state index contributed by atoms with van der Waals surface area (Å²) in [5.74, 6) is -1.96. The molecule has 0 bridgehead atoms. The van der Waals surface area contributed by atoms with Crippen LogP contribution in [0.15, 0.2) is 78.9 Å². The Balaban J connectivity index is 2.07. The van der Waals surface area contributed by atoms with Crippen molar-refractivity contribution >= 4 is 17.9 Å². The van der Waals surface area contributed by atoms with E-state index in [9.17, 15) is 14.4 Å². The van der Waals surface area contributed by atoms with Crippen molar-refractivity contribution in [3.8, 4) is 11.5 Å². The fourth-order valence-electron chi connectivity index (χ4n) is 3.14. The summed E-state index contributed by atoms with van der Waals surface area (Å²) in [6.45, 7) is 10.2. The number of esters is 3. The van der Waals surface area contributed by atoms with Crippen LogP contribution in [0, 0.1) is 10.8 Å². The zero-order valence-corrected chi connectivity index (χ0v) is 21.5. The van der Waals surface area contributed by atoms with Gasteiger partial charge in [-0.3, -0.25) is 9.59 Å². The second kappa shape index (κ2) is 10.8. The van der Waals surface area contributed by atoms with E-state index in [2.05, 4.69) is 0 Å². The minimum absolute atomic E-state index is 0.0426. The van der Waals surface area contributed by atoms with E-state index in [1.807, 2.05) is 60.7 Å². The molecule has 36 heavy (non-hydrogen) atoms. The van der Waals surface area contributed by atoms with E-state index in [1.54, 1.807) is 47.6 Å². The lowest BCUT2D eigenvalue weighted by Crippen LogP contribution is -2.28. The summed E-state index contributed by atoms with van der Waals surface area (Å²) in [5.41, 5.74) is -0.264. The van der Waals surface area contributed by atoms with Crippen LogP contribution >= 0.6 is 0 Å². The molecule has 0 aliphatic heterocycles. The van der Waals surface area contributed by atoms with Crippen molar-refractivity contribution in [2.45, 2.75) is 47.6 Å². The maximum Gasteiger partial charge on any atom is 0.346 e. The third-order valence-corrected chi connectivity index (χ3v) is 5.25. The highest BCUT2D eigenvalue weighted by Crippen LogP contribution is 2.35. The number of rotatable bonds is 6. The lowest BCUT2D eigenvalue weighted by molar-refractivity contribution is -0.143. The number of benzene rings is 3. The maximum atomic E-state index is 13.7. The van der Waals surface area contributed by atoms with Gasteiger partial charge in [0.15, 0.2) is 6.10 Å². The van der Waals surface area contributed by atoms with Crippen molar-refractivity contribution in [1.82, 2.24) is 0 Å². The molecule has 0 heterocycles. The van der Waals surface area contributed by atoms with E-state index in [-0.39, 0.29) is 17.1 Å². The first-order chi connectivity index (χ1) is 16.9. The first-order valence-corrected chi connectivity index (χ1v) is 11.8. The Bertz CT molecular complexity index is 1130. The van der Waals surface area contributed by atoms with Gasteiger partial charge in [0.1, 0.15) is 17.1 Å². The molecule has 0 aliphatic rings. The average Bonchev–Trinajstić information content (AvgIpc) is 2.82. The normalized spacial score (nSPS) is 11.6. The first kappa shape index (κ1) is 26.7. The van der Waals surface area contributed by atoms with Crippen LogP contribution in [-0.2, 0) is 14.3 Å². The van der Waals surface area contributed by atoms with Gasteiger partial charge in [-0.1, -0.05) is 66.7 Å². The van der Waals surface area contributed by atoms with E-state index in [0.717, 1.165) is 11.1 Å². The van der Waals surface area contributed by atoms with Crippen molar-refractivity contribution in [2.75, 3.05) is 0 Å². The second-order valence-corrected chi connectivity index (χ2v) is 10.5. The summed E-state index contributed by atoms with van der Waals surface area (Å²) >= 11 is 0. The van der Waals surface area contributed by atoms with E-state index in [4.69, 9.17) is 14.2 Å². The van der Waals surface area contributed by atoms with Gasteiger partial charge in [-0.2, -0.15) is 0 Å².